The minimum atomic E-state index is 0.212. The molecule has 2 N–H and O–H groups in total. The van der Waals surface area contributed by atoms with Crippen molar-refractivity contribution in [3.8, 4) is 11.8 Å². The van der Waals surface area contributed by atoms with Crippen LogP contribution in [0.25, 0.3) is 0 Å². The van der Waals surface area contributed by atoms with Crippen LogP contribution in [0, 0.1) is 11.3 Å². The van der Waals surface area contributed by atoms with Gasteiger partial charge >= 0.3 is 0 Å². The average Bonchev–Trinajstić information content (AvgIpc) is 2.19. The number of benzene rings is 1. The van der Waals surface area contributed by atoms with Crippen LogP contribution in [0.5, 0.6) is 5.75 Å². The summed E-state index contributed by atoms with van der Waals surface area (Å²) in [6, 6.07) is 9.37. The van der Waals surface area contributed by atoms with Crippen molar-refractivity contribution >= 4 is 0 Å². The molecule has 74 valence electrons. The monoisotopic (exact) mass is 190 g/mol. The number of hydrogen-bond donors (Lipinski definition) is 2. The van der Waals surface area contributed by atoms with E-state index in [0.29, 0.717) is 13.0 Å². The second kappa shape index (κ2) is 5.25. The van der Waals surface area contributed by atoms with Gasteiger partial charge in [-0.05, 0) is 24.6 Å². The van der Waals surface area contributed by atoms with Gasteiger partial charge in [-0.2, -0.15) is 5.26 Å². The van der Waals surface area contributed by atoms with Crippen LogP contribution in [0.1, 0.15) is 24.9 Å². The van der Waals surface area contributed by atoms with E-state index in [1.54, 1.807) is 12.1 Å². The van der Waals surface area contributed by atoms with Crippen LogP contribution in [0.15, 0.2) is 24.3 Å². The van der Waals surface area contributed by atoms with Crippen LogP contribution in [-0.4, -0.2) is 11.7 Å². The van der Waals surface area contributed by atoms with Crippen molar-refractivity contribution in [3.63, 3.8) is 0 Å². The molecule has 1 atom stereocenters. The zero-order chi connectivity index (χ0) is 10.4. The Balaban J connectivity index is 2.48. The van der Waals surface area contributed by atoms with Gasteiger partial charge in [0, 0.05) is 19.0 Å². The highest BCUT2D eigenvalue weighted by Crippen LogP contribution is 2.15. The minimum Gasteiger partial charge on any atom is -0.508 e. The summed E-state index contributed by atoms with van der Waals surface area (Å²) in [5.74, 6) is 0.276. The van der Waals surface area contributed by atoms with E-state index in [1.165, 1.54) is 0 Å². The Kier molecular flexibility index (Phi) is 3.96. The molecule has 3 heteroatoms. The van der Waals surface area contributed by atoms with Crippen LogP contribution < -0.4 is 5.32 Å². The number of nitrogens with one attached hydrogen (secondary N) is 1. The third kappa shape index (κ3) is 3.08. The third-order valence-corrected chi connectivity index (χ3v) is 2.08. The quantitative estimate of drug-likeness (QED) is 0.713. The highest BCUT2D eigenvalue weighted by atomic mass is 16.3. The molecule has 0 aliphatic rings. The summed E-state index contributed by atoms with van der Waals surface area (Å²) in [5, 5.41) is 20.7. The highest BCUT2D eigenvalue weighted by molar-refractivity contribution is 5.27. The van der Waals surface area contributed by atoms with Crippen molar-refractivity contribution in [2.24, 2.45) is 0 Å². The summed E-state index contributed by atoms with van der Waals surface area (Å²) in [6.07, 6.45) is 0.516. The fourth-order valence-electron chi connectivity index (χ4n) is 1.23. The van der Waals surface area contributed by atoms with Gasteiger partial charge in [0.05, 0.1) is 6.07 Å². The molecule has 0 aliphatic heterocycles. The zero-order valence-corrected chi connectivity index (χ0v) is 8.20. The molecule has 0 saturated heterocycles. The van der Waals surface area contributed by atoms with Gasteiger partial charge in [-0.15, -0.1) is 0 Å². The highest BCUT2D eigenvalue weighted by Gasteiger charge is 2.03. The SMILES string of the molecule is CC(NCCC#N)c1ccc(O)cc1. The summed E-state index contributed by atoms with van der Waals surface area (Å²) in [4.78, 5) is 0. The van der Waals surface area contributed by atoms with Crippen molar-refractivity contribution in [1.29, 1.82) is 5.26 Å². The smallest absolute Gasteiger partial charge is 0.115 e. The fraction of sp³-hybridized carbons (Fsp3) is 0.364. The van der Waals surface area contributed by atoms with E-state index < -0.39 is 0 Å². The van der Waals surface area contributed by atoms with Gasteiger partial charge in [0.1, 0.15) is 5.75 Å². The summed E-state index contributed by atoms with van der Waals surface area (Å²) in [7, 11) is 0. The molecule has 1 rings (SSSR count). The molecule has 0 bridgehead atoms. The normalized spacial score (nSPS) is 12.0. The van der Waals surface area contributed by atoms with E-state index in [0.717, 1.165) is 5.56 Å². The van der Waals surface area contributed by atoms with Crippen molar-refractivity contribution in [3.05, 3.63) is 29.8 Å². The maximum absolute atomic E-state index is 9.09. The number of nitrogens with zero attached hydrogens (tertiary/aromatic N) is 1. The standard InChI is InChI=1S/C11H14N2O/c1-9(13-8-2-7-12)10-3-5-11(14)6-4-10/h3-6,9,13-14H,2,8H2,1H3. The molecule has 0 heterocycles. The van der Waals surface area contributed by atoms with E-state index in [-0.39, 0.29) is 11.8 Å². The van der Waals surface area contributed by atoms with Crippen LogP contribution in [0.2, 0.25) is 0 Å². The van der Waals surface area contributed by atoms with E-state index in [9.17, 15) is 0 Å². The number of rotatable bonds is 4. The summed E-state index contributed by atoms with van der Waals surface area (Å²) in [5.41, 5.74) is 1.11. The lowest BCUT2D eigenvalue weighted by Crippen LogP contribution is -2.19. The van der Waals surface area contributed by atoms with Crippen LogP contribution >= 0.6 is 0 Å². The van der Waals surface area contributed by atoms with Gasteiger partial charge in [0.15, 0.2) is 0 Å². The molecule has 1 aromatic rings. The largest absolute Gasteiger partial charge is 0.508 e. The molecule has 14 heavy (non-hydrogen) atoms. The van der Waals surface area contributed by atoms with Gasteiger partial charge in [0.25, 0.3) is 0 Å². The van der Waals surface area contributed by atoms with Gasteiger partial charge in [-0.25, -0.2) is 0 Å². The number of nitriles is 1. The first-order valence-corrected chi connectivity index (χ1v) is 4.63. The first-order chi connectivity index (χ1) is 6.74. The molecule has 0 fully saturated rings. The molecule has 0 radical (unpaired) electrons. The van der Waals surface area contributed by atoms with Crippen molar-refractivity contribution < 1.29 is 5.11 Å². The molecule has 0 amide bonds. The Hall–Kier alpha value is -1.53. The van der Waals surface area contributed by atoms with Gasteiger partial charge in [-0.3, -0.25) is 0 Å². The van der Waals surface area contributed by atoms with Crippen LogP contribution in [-0.2, 0) is 0 Å². The maximum Gasteiger partial charge on any atom is 0.115 e. The Morgan fingerprint density at radius 1 is 1.43 bits per heavy atom. The predicted molar refractivity (Wildman–Crippen MR) is 54.8 cm³/mol. The lowest BCUT2D eigenvalue weighted by atomic mass is 10.1. The molecule has 0 saturated carbocycles. The molecule has 0 aromatic heterocycles. The predicted octanol–water partition coefficient (Wildman–Crippen LogP) is 1.96. The van der Waals surface area contributed by atoms with Crippen molar-refractivity contribution in [2.45, 2.75) is 19.4 Å². The topological polar surface area (TPSA) is 56.0 Å². The van der Waals surface area contributed by atoms with Crippen molar-refractivity contribution in [2.75, 3.05) is 6.54 Å². The Morgan fingerprint density at radius 2 is 2.07 bits per heavy atom. The second-order valence-corrected chi connectivity index (χ2v) is 3.18. The zero-order valence-electron chi connectivity index (χ0n) is 8.20. The molecule has 1 aromatic carbocycles. The number of hydrogen-bond acceptors (Lipinski definition) is 3. The maximum atomic E-state index is 9.09. The van der Waals surface area contributed by atoms with Crippen LogP contribution in [0.4, 0.5) is 0 Å². The van der Waals surface area contributed by atoms with Crippen LogP contribution in [0.3, 0.4) is 0 Å². The van der Waals surface area contributed by atoms with Crippen molar-refractivity contribution in [1.82, 2.24) is 5.32 Å². The fourth-order valence-corrected chi connectivity index (χ4v) is 1.23. The first-order valence-electron chi connectivity index (χ1n) is 4.63. The lowest BCUT2D eigenvalue weighted by Gasteiger charge is -2.12. The number of aromatic hydroxyl groups is 1. The molecule has 0 spiro atoms. The van der Waals surface area contributed by atoms with Gasteiger partial charge in [0.2, 0.25) is 0 Å². The minimum absolute atomic E-state index is 0.212. The molecule has 0 aliphatic carbocycles. The summed E-state index contributed by atoms with van der Waals surface area (Å²) in [6.45, 7) is 2.72. The lowest BCUT2D eigenvalue weighted by molar-refractivity contribution is 0.474. The Bertz CT molecular complexity index is 313. The van der Waals surface area contributed by atoms with E-state index in [1.807, 2.05) is 19.1 Å². The summed E-state index contributed by atoms with van der Waals surface area (Å²) < 4.78 is 0. The van der Waals surface area contributed by atoms with E-state index in [2.05, 4.69) is 11.4 Å². The van der Waals surface area contributed by atoms with Gasteiger partial charge < -0.3 is 10.4 Å². The second-order valence-electron chi connectivity index (χ2n) is 3.18. The Morgan fingerprint density at radius 3 is 2.64 bits per heavy atom. The summed E-state index contributed by atoms with van der Waals surface area (Å²) >= 11 is 0. The van der Waals surface area contributed by atoms with Gasteiger partial charge in [-0.1, -0.05) is 12.1 Å². The molecule has 1 unspecified atom stereocenters. The number of phenolic OH excluding ortho intramolecular Hbond substituents is 1. The molecular weight excluding hydrogens is 176 g/mol. The number of phenols is 1. The molecular formula is C11H14N2O. The molecule has 3 nitrogen and oxygen atoms in total. The Labute approximate surface area is 84.0 Å². The average molecular weight is 190 g/mol. The first kappa shape index (κ1) is 10.6. The van der Waals surface area contributed by atoms with E-state index >= 15 is 0 Å². The van der Waals surface area contributed by atoms with E-state index in [4.69, 9.17) is 10.4 Å². The third-order valence-electron chi connectivity index (χ3n) is 2.08.